The van der Waals surface area contributed by atoms with Gasteiger partial charge in [0.1, 0.15) is 5.75 Å². The molecule has 0 unspecified atom stereocenters. The van der Waals surface area contributed by atoms with E-state index in [1.54, 1.807) is 6.07 Å². The molecule has 33 heavy (non-hydrogen) atoms. The Labute approximate surface area is 187 Å². The minimum absolute atomic E-state index is 0.0335. The van der Waals surface area contributed by atoms with Crippen LogP contribution in [0.3, 0.4) is 0 Å². The van der Waals surface area contributed by atoms with Crippen molar-refractivity contribution in [3.8, 4) is 5.75 Å². The molecule has 0 spiro atoms. The number of amides is 1. The van der Waals surface area contributed by atoms with Crippen LogP contribution in [0.4, 0.5) is 14.5 Å². The number of halogens is 2. The zero-order chi connectivity index (χ0) is 23.6. The van der Waals surface area contributed by atoms with Crippen LogP contribution in [-0.2, 0) is 21.4 Å². The van der Waals surface area contributed by atoms with Crippen LogP contribution in [0.15, 0.2) is 56.6 Å². The Morgan fingerprint density at radius 2 is 1.88 bits per heavy atom. The Hall–Kier alpha value is -3.25. The summed E-state index contributed by atoms with van der Waals surface area (Å²) in [6.07, 6.45) is 1.44. The first-order valence-corrected chi connectivity index (χ1v) is 11.7. The second-order valence-corrected chi connectivity index (χ2v) is 9.37. The molecule has 1 aliphatic heterocycles. The van der Waals surface area contributed by atoms with E-state index in [4.69, 9.17) is 4.42 Å². The van der Waals surface area contributed by atoms with Gasteiger partial charge in [0.2, 0.25) is 15.9 Å². The minimum Gasteiger partial charge on any atom is -0.433 e. The van der Waals surface area contributed by atoms with Gasteiger partial charge in [0.25, 0.3) is 0 Å². The highest BCUT2D eigenvalue weighted by atomic mass is 32.2. The third-order valence-electron chi connectivity index (χ3n) is 5.28. The van der Waals surface area contributed by atoms with Crippen molar-refractivity contribution < 1.29 is 31.1 Å². The summed E-state index contributed by atoms with van der Waals surface area (Å²) in [5, 5.41) is 2.48. The SMILES string of the molecule is O=C(CCn1c(=O)oc2cc(S(=O)(=O)N3CCCC3)ccc21)Nc1ccccc1OC(F)F. The molecular formula is C21H21F2N3O6S. The van der Waals surface area contributed by atoms with Crippen LogP contribution in [0.2, 0.25) is 0 Å². The summed E-state index contributed by atoms with van der Waals surface area (Å²) < 4.78 is 62.7. The lowest BCUT2D eigenvalue weighted by molar-refractivity contribution is -0.116. The summed E-state index contributed by atoms with van der Waals surface area (Å²) >= 11 is 0. The van der Waals surface area contributed by atoms with Crippen LogP contribution < -0.4 is 15.8 Å². The number of alkyl halides is 2. The van der Waals surface area contributed by atoms with Gasteiger partial charge in [-0.15, -0.1) is 0 Å². The number of aryl methyl sites for hydroxylation is 1. The molecule has 1 fully saturated rings. The molecule has 1 amide bonds. The summed E-state index contributed by atoms with van der Waals surface area (Å²) in [6, 6.07) is 9.92. The van der Waals surface area contributed by atoms with Crippen molar-refractivity contribution in [3.05, 3.63) is 53.0 Å². The number of carbonyl (C=O) groups excluding carboxylic acids is 1. The lowest BCUT2D eigenvalue weighted by atomic mass is 10.2. The summed E-state index contributed by atoms with van der Waals surface area (Å²) in [4.78, 5) is 24.7. The van der Waals surface area contributed by atoms with Crippen molar-refractivity contribution in [1.82, 2.24) is 8.87 Å². The van der Waals surface area contributed by atoms with Gasteiger partial charge in [-0.1, -0.05) is 12.1 Å². The van der Waals surface area contributed by atoms with Gasteiger partial charge >= 0.3 is 12.4 Å². The van der Waals surface area contributed by atoms with Crippen molar-refractivity contribution in [3.63, 3.8) is 0 Å². The van der Waals surface area contributed by atoms with E-state index in [-0.39, 0.29) is 34.9 Å². The highest BCUT2D eigenvalue weighted by molar-refractivity contribution is 7.89. The molecule has 0 radical (unpaired) electrons. The number of nitrogens with one attached hydrogen (secondary N) is 1. The molecule has 1 aromatic heterocycles. The Balaban J connectivity index is 1.49. The van der Waals surface area contributed by atoms with Crippen LogP contribution in [-0.4, -0.2) is 42.9 Å². The number of hydrogen-bond donors (Lipinski definition) is 1. The predicted molar refractivity (Wildman–Crippen MR) is 115 cm³/mol. The second kappa shape index (κ2) is 9.32. The first kappa shape index (κ1) is 22.9. The lowest BCUT2D eigenvalue weighted by Gasteiger charge is -2.15. The van der Waals surface area contributed by atoms with Crippen LogP contribution >= 0.6 is 0 Å². The lowest BCUT2D eigenvalue weighted by Crippen LogP contribution is -2.27. The molecule has 4 rings (SSSR count). The number of carbonyl (C=O) groups is 1. The quantitative estimate of drug-likeness (QED) is 0.530. The predicted octanol–water partition coefficient (Wildman–Crippen LogP) is 3.01. The van der Waals surface area contributed by atoms with Crippen LogP contribution in [0.1, 0.15) is 19.3 Å². The normalized spacial score (nSPS) is 14.8. The Kier molecular flexibility index (Phi) is 6.47. The van der Waals surface area contributed by atoms with Crippen molar-refractivity contribution in [2.24, 2.45) is 0 Å². The van der Waals surface area contributed by atoms with Crippen molar-refractivity contribution in [1.29, 1.82) is 0 Å². The topological polar surface area (TPSA) is 111 Å². The highest BCUT2D eigenvalue weighted by Gasteiger charge is 2.28. The molecule has 1 saturated heterocycles. The van der Waals surface area contributed by atoms with E-state index in [0.717, 1.165) is 12.8 Å². The third kappa shape index (κ3) is 4.91. The number of ether oxygens (including phenoxy) is 1. The molecule has 2 aromatic carbocycles. The van der Waals surface area contributed by atoms with E-state index in [1.807, 2.05) is 0 Å². The summed E-state index contributed by atoms with van der Waals surface area (Å²) in [5.41, 5.74) is 0.509. The van der Waals surface area contributed by atoms with Crippen LogP contribution in [0.25, 0.3) is 11.1 Å². The maximum absolute atomic E-state index is 12.7. The van der Waals surface area contributed by atoms with Gasteiger partial charge in [-0.05, 0) is 37.1 Å². The fourth-order valence-corrected chi connectivity index (χ4v) is 5.22. The molecular weight excluding hydrogens is 460 g/mol. The number of para-hydroxylation sites is 2. The van der Waals surface area contributed by atoms with E-state index in [9.17, 15) is 26.8 Å². The number of oxazole rings is 1. The first-order valence-electron chi connectivity index (χ1n) is 10.2. The number of benzene rings is 2. The molecule has 1 aliphatic rings. The molecule has 1 N–H and O–H groups in total. The molecule has 0 saturated carbocycles. The van der Waals surface area contributed by atoms with Crippen molar-refractivity contribution in [2.45, 2.75) is 37.3 Å². The zero-order valence-electron chi connectivity index (χ0n) is 17.4. The molecule has 9 nitrogen and oxygen atoms in total. The van der Waals surface area contributed by atoms with Gasteiger partial charge in [0.15, 0.2) is 5.58 Å². The minimum atomic E-state index is -3.67. The fraction of sp³-hybridized carbons (Fsp3) is 0.333. The summed E-state index contributed by atoms with van der Waals surface area (Å²) in [5.74, 6) is -1.46. The first-order chi connectivity index (χ1) is 15.8. The van der Waals surface area contributed by atoms with Gasteiger partial charge in [-0.25, -0.2) is 13.2 Å². The summed E-state index contributed by atoms with van der Waals surface area (Å²) in [7, 11) is -3.67. The van der Waals surface area contributed by atoms with E-state index < -0.39 is 28.3 Å². The molecule has 2 heterocycles. The molecule has 0 atom stereocenters. The maximum Gasteiger partial charge on any atom is 0.419 e. The molecule has 0 bridgehead atoms. The molecule has 12 heteroatoms. The van der Waals surface area contributed by atoms with E-state index in [1.165, 1.54) is 45.3 Å². The van der Waals surface area contributed by atoms with Gasteiger partial charge in [0, 0.05) is 32.1 Å². The van der Waals surface area contributed by atoms with E-state index in [2.05, 4.69) is 10.1 Å². The smallest absolute Gasteiger partial charge is 0.419 e. The fourth-order valence-electron chi connectivity index (χ4n) is 3.69. The average molecular weight is 481 g/mol. The van der Waals surface area contributed by atoms with Gasteiger partial charge in [-0.3, -0.25) is 9.36 Å². The van der Waals surface area contributed by atoms with Gasteiger partial charge in [-0.2, -0.15) is 13.1 Å². The van der Waals surface area contributed by atoms with Crippen molar-refractivity contribution in [2.75, 3.05) is 18.4 Å². The number of anilines is 1. The molecule has 176 valence electrons. The Morgan fingerprint density at radius 1 is 1.15 bits per heavy atom. The van der Waals surface area contributed by atoms with Gasteiger partial charge in [0.05, 0.1) is 16.1 Å². The van der Waals surface area contributed by atoms with Crippen LogP contribution in [0, 0.1) is 0 Å². The molecule has 3 aromatic rings. The number of fused-ring (bicyclic) bond motifs is 1. The second-order valence-electron chi connectivity index (χ2n) is 7.43. The monoisotopic (exact) mass is 481 g/mol. The average Bonchev–Trinajstić information content (AvgIpc) is 3.41. The largest absolute Gasteiger partial charge is 0.433 e. The van der Waals surface area contributed by atoms with E-state index >= 15 is 0 Å². The van der Waals surface area contributed by atoms with E-state index in [0.29, 0.717) is 18.6 Å². The van der Waals surface area contributed by atoms with Crippen molar-refractivity contribution >= 4 is 32.7 Å². The maximum atomic E-state index is 12.7. The number of hydrogen-bond acceptors (Lipinski definition) is 6. The highest BCUT2D eigenvalue weighted by Crippen LogP contribution is 2.26. The Morgan fingerprint density at radius 3 is 2.61 bits per heavy atom. The zero-order valence-corrected chi connectivity index (χ0v) is 18.2. The third-order valence-corrected chi connectivity index (χ3v) is 7.18. The number of aromatic nitrogens is 1. The Bertz CT molecular complexity index is 1330. The molecule has 0 aliphatic carbocycles. The number of nitrogens with zero attached hydrogens (tertiary/aromatic N) is 2. The number of rotatable bonds is 8. The number of sulfonamides is 1. The standard InChI is InChI=1S/C21H21F2N3O6S/c22-20(23)31-17-6-2-1-5-15(17)24-19(27)9-12-26-16-8-7-14(13-18(16)32-21(26)28)33(29,30)25-10-3-4-11-25/h1-2,5-8,13,20H,3-4,9-12H2,(H,24,27). The summed E-state index contributed by atoms with van der Waals surface area (Å²) in [6.45, 7) is -2.20. The van der Waals surface area contributed by atoms with Crippen LogP contribution in [0.5, 0.6) is 5.75 Å². The van der Waals surface area contributed by atoms with Gasteiger partial charge < -0.3 is 14.5 Å².